The normalized spacial score (nSPS) is 12.6. The first-order valence-corrected chi connectivity index (χ1v) is 1.82. The van der Waals surface area contributed by atoms with Gasteiger partial charge in [0.05, 0.1) is 0 Å². The molecule has 1 aliphatic carbocycles. The topological polar surface area (TPSA) is 0 Å². The van der Waals surface area contributed by atoms with Crippen molar-refractivity contribution >= 4 is 34.0 Å². The molecule has 0 nitrogen and oxygen atoms in total. The van der Waals surface area contributed by atoms with Gasteiger partial charge in [0.1, 0.15) is 0 Å². The Morgan fingerprint density at radius 1 is 0.857 bits per heavy atom. The van der Waals surface area contributed by atoms with Gasteiger partial charge >= 0.3 is 0 Å². The van der Waals surface area contributed by atoms with Crippen molar-refractivity contribution in [1.29, 1.82) is 0 Å². The molecule has 0 radical (unpaired) electrons. The minimum absolute atomic E-state index is 0. The molecular weight excluding hydrogens is 220 g/mol. The van der Waals surface area contributed by atoms with Gasteiger partial charge in [-0.05, 0) is 6.42 Å². The third-order valence-electron chi connectivity index (χ3n) is 0.655. The summed E-state index contributed by atoms with van der Waals surface area (Å²) >= 11 is 0. The number of rotatable bonds is 0. The fourth-order valence-corrected chi connectivity index (χ4v) is 0.393. The lowest BCUT2D eigenvalue weighted by Gasteiger charge is -1.57. The lowest BCUT2D eigenvalue weighted by atomic mass is 10.5. The third-order valence-corrected chi connectivity index (χ3v) is 0.655. The first-order chi connectivity index (χ1) is 2.50. The molecule has 0 saturated carbocycles. The maximum absolute atomic E-state index is 2.12. The molecule has 0 atom stereocenters. The van der Waals surface area contributed by atoms with Crippen molar-refractivity contribution in [3.63, 3.8) is 0 Å². The second-order valence-electron chi connectivity index (χ2n) is 1.09. The van der Waals surface area contributed by atoms with Crippen LogP contribution in [0.15, 0.2) is 24.3 Å². The highest BCUT2D eigenvalue weighted by molar-refractivity contribution is 8.93. The van der Waals surface area contributed by atoms with E-state index in [4.69, 9.17) is 0 Å². The Morgan fingerprint density at radius 3 is 1.43 bits per heavy atom. The summed E-state index contributed by atoms with van der Waals surface area (Å²) in [6.45, 7) is 0. The van der Waals surface area contributed by atoms with Crippen molar-refractivity contribution in [2.75, 3.05) is 0 Å². The summed E-state index contributed by atoms with van der Waals surface area (Å²) in [7, 11) is 0. The van der Waals surface area contributed by atoms with Crippen LogP contribution < -0.4 is 0 Å². The van der Waals surface area contributed by atoms with Crippen LogP contribution in [0.5, 0.6) is 0 Å². The molecule has 0 fully saturated rings. The van der Waals surface area contributed by atoms with Gasteiger partial charge < -0.3 is 0 Å². The van der Waals surface area contributed by atoms with Crippen LogP contribution in [0.2, 0.25) is 0 Å². The van der Waals surface area contributed by atoms with Gasteiger partial charge in [-0.3, -0.25) is 0 Å². The van der Waals surface area contributed by atoms with Crippen LogP contribution in [0.25, 0.3) is 0 Å². The summed E-state index contributed by atoms with van der Waals surface area (Å²) in [5.41, 5.74) is 0. The SMILES string of the molecule is Br.Br.C1=CCC=C1. The van der Waals surface area contributed by atoms with E-state index in [1.165, 1.54) is 0 Å². The summed E-state index contributed by atoms with van der Waals surface area (Å²) in [6.07, 6.45) is 9.50. The predicted molar refractivity (Wildman–Crippen MR) is 43.5 cm³/mol. The largest absolute Gasteiger partial charge is 0.114 e. The zero-order chi connectivity index (χ0) is 3.54. The van der Waals surface area contributed by atoms with Crippen LogP contribution in [0.4, 0.5) is 0 Å². The summed E-state index contributed by atoms with van der Waals surface area (Å²) in [6, 6.07) is 0. The summed E-state index contributed by atoms with van der Waals surface area (Å²) in [5, 5.41) is 0. The molecule has 42 valence electrons. The lowest BCUT2D eigenvalue weighted by Crippen LogP contribution is -1.37. The van der Waals surface area contributed by atoms with E-state index in [1.807, 2.05) is 0 Å². The van der Waals surface area contributed by atoms with E-state index in [-0.39, 0.29) is 34.0 Å². The zero-order valence-corrected chi connectivity index (χ0v) is 7.26. The molecule has 0 heterocycles. The van der Waals surface area contributed by atoms with Gasteiger partial charge in [-0.25, -0.2) is 0 Å². The van der Waals surface area contributed by atoms with Crippen molar-refractivity contribution in [3.8, 4) is 0 Å². The molecule has 0 saturated heterocycles. The highest BCUT2D eigenvalue weighted by Gasteiger charge is 1.72. The third kappa shape index (κ3) is 4.29. The molecule has 0 bridgehead atoms. The molecule has 0 amide bonds. The Balaban J connectivity index is 0. The maximum Gasteiger partial charge on any atom is -0.0163 e. The van der Waals surface area contributed by atoms with Crippen LogP contribution in [-0.2, 0) is 0 Å². The quantitative estimate of drug-likeness (QED) is 0.597. The highest BCUT2D eigenvalue weighted by atomic mass is 79.9. The van der Waals surface area contributed by atoms with Gasteiger partial charge in [0.25, 0.3) is 0 Å². The Kier molecular flexibility index (Phi) is 9.59. The molecule has 1 rings (SSSR count). The van der Waals surface area contributed by atoms with Crippen molar-refractivity contribution in [2.45, 2.75) is 6.42 Å². The molecule has 0 aromatic carbocycles. The summed E-state index contributed by atoms with van der Waals surface area (Å²) in [4.78, 5) is 0. The van der Waals surface area contributed by atoms with Gasteiger partial charge in [-0.2, -0.15) is 0 Å². The van der Waals surface area contributed by atoms with E-state index in [0.29, 0.717) is 0 Å². The molecule has 0 unspecified atom stereocenters. The Hall–Kier alpha value is 0.440. The molecule has 0 aliphatic heterocycles. The average molecular weight is 228 g/mol. The van der Waals surface area contributed by atoms with Crippen LogP contribution in [0.3, 0.4) is 0 Å². The molecule has 0 spiro atoms. The Bertz CT molecular complexity index is 64.1. The standard InChI is InChI=1S/C5H6.2BrH/c1-2-4-5-3-1;;/h1-4H,5H2;2*1H. The van der Waals surface area contributed by atoms with Crippen LogP contribution in [-0.4, -0.2) is 0 Å². The van der Waals surface area contributed by atoms with E-state index in [2.05, 4.69) is 24.3 Å². The summed E-state index contributed by atoms with van der Waals surface area (Å²) < 4.78 is 0. The molecule has 0 N–H and O–H groups in total. The molecular formula is C5H8Br2. The van der Waals surface area contributed by atoms with Crippen LogP contribution in [0, 0.1) is 0 Å². The summed E-state index contributed by atoms with van der Waals surface area (Å²) in [5.74, 6) is 0. The number of hydrogen-bond donors (Lipinski definition) is 0. The lowest BCUT2D eigenvalue weighted by molar-refractivity contribution is 1.45. The van der Waals surface area contributed by atoms with E-state index >= 15 is 0 Å². The zero-order valence-electron chi connectivity index (χ0n) is 3.83. The Morgan fingerprint density at radius 2 is 1.29 bits per heavy atom. The Labute approximate surface area is 64.8 Å². The van der Waals surface area contributed by atoms with Crippen molar-refractivity contribution < 1.29 is 0 Å². The van der Waals surface area contributed by atoms with Crippen molar-refractivity contribution in [1.82, 2.24) is 0 Å². The van der Waals surface area contributed by atoms with Gasteiger partial charge in [0, 0.05) is 0 Å². The number of hydrogen-bond acceptors (Lipinski definition) is 0. The fraction of sp³-hybridized carbons (Fsp3) is 0.200. The first-order valence-electron chi connectivity index (χ1n) is 1.82. The minimum atomic E-state index is 0. The van der Waals surface area contributed by atoms with Crippen LogP contribution in [0.1, 0.15) is 6.42 Å². The monoisotopic (exact) mass is 226 g/mol. The molecule has 7 heavy (non-hydrogen) atoms. The first kappa shape index (κ1) is 10.4. The number of halogens is 2. The fourth-order valence-electron chi connectivity index (χ4n) is 0.393. The van der Waals surface area contributed by atoms with Gasteiger partial charge in [0.15, 0.2) is 0 Å². The predicted octanol–water partition coefficient (Wildman–Crippen LogP) is 2.66. The molecule has 2 heteroatoms. The average Bonchev–Trinajstić information content (AvgIpc) is 1.76. The molecule has 0 aromatic rings. The number of allylic oxidation sites excluding steroid dienone is 4. The van der Waals surface area contributed by atoms with Crippen LogP contribution >= 0.6 is 34.0 Å². The maximum atomic E-state index is 2.12. The van der Waals surface area contributed by atoms with Gasteiger partial charge in [-0.15, -0.1) is 34.0 Å². The second-order valence-corrected chi connectivity index (χ2v) is 1.09. The van der Waals surface area contributed by atoms with E-state index in [9.17, 15) is 0 Å². The minimum Gasteiger partial charge on any atom is -0.114 e. The van der Waals surface area contributed by atoms with Crippen molar-refractivity contribution in [3.05, 3.63) is 24.3 Å². The molecule has 1 aliphatic rings. The van der Waals surface area contributed by atoms with Crippen molar-refractivity contribution in [2.24, 2.45) is 0 Å². The van der Waals surface area contributed by atoms with E-state index in [1.54, 1.807) is 0 Å². The highest BCUT2D eigenvalue weighted by Crippen LogP contribution is 1.93. The second kappa shape index (κ2) is 6.44. The van der Waals surface area contributed by atoms with E-state index in [0.717, 1.165) is 6.42 Å². The molecule has 0 aromatic heterocycles. The van der Waals surface area contributed by atoms with Gasteiger partial charge in [-0.1, -0.05) is 24.3 Å². The van der Waals surface area contributed by atoms with Gasteiger partial charge in [0.2, 0.25) is 0 Å². The van der Waals surface area contributed by atoms with E-state index < -0.39 is 0 Å². The smallest absolute Gasteiger partial charge is 0.0163 e.